The van der Waals surface area contributed by atoms with Crippen LogP contribution in [-0.4, -0.2) is 55.9 Å². The summed E-state index contributed by atoms with van der Waals surface area (Å²) >= 11 is 0. The molecule has 2 rings (SSSR count). The van der Waals surface area contributed by atoms with Gasteiger partial charge in [0.1, 0.15) is 6.10 Å². The maximum atomic E-state index is 13.3. The summed E-state index contributed by atoms with van der Waals surface area (Å²) in [4.78, 5) is 51.5. The zero-order valence-electron chi connectivity index (χ0n) is 17.4. The normalized spacial score (nSPS) is 27.7. The number of aliphatic hydroxyl groups is 2. The lowest BCUT2D eigenvalue weighted by atomic mass is 9.76. The number of rotatable bonds is 4. The van der Waals surface area contributed by atoms with E-state index in [1.165, 1.54) is 0 Å². The van der Waals surface area contributed by atoms with Crippen LogP contribution in [-0.2, 0) is 19.1 Å². The van der Waals surface area contributed by atoms with Gasteiger partial charge in [0.25, 0.3) is 5.56 Å². The van der Waals surface area contributed by atoms with Gasteiger partial charge in [-0.15, -0.1) is 0 Å². The fraction of sp³-hybridized carbons (Fsp3) is 0.684. The Morgan fingerprint density at radius 3 is 2.24 bits per heavy atom. The van der Waals surface area contributed by atoms with Crippen LogP contribution >= 0.6 is 0 Å². The van der Waals surface area contributed by atoms with Crippen LogP contribution in [0, 0.1) is 10.8 Å². The van der Waals surface area contributed by atoms with Gasteiger partial charge in [-0.05, 0) is 20.8 Å². The first kappa shape index (κ1) is 23.0. The number of nitrogens with one attached hydrogen (secondary N) is 1. The molecule has 162 valence electrons. The minimum Gasteiger partial charge on any atom is -0.455 e. The molecule has 29 heavy (non-hydrogen) atoms. The third-order valence-electron chi connectivity index (χ3n) is 4.63. The predicted molar refractivity (Wildman–Crippen MR) is 101 cm³/mol. The smallest absolute Gasteiger partial charge is 0.330 e. The highest BCUT2D eigenvalue weighted by Crippen LogP contribution is 2.44. The summed E-state index contributed by atoms with van der Waals surface area (Å²) in [7, 11) is 0. The molecule has 1 fully saturated rings. The second-order valence-electron chi connectivity index (χ2n) is 9.21. The van der Waals surface area contributed by atoms with Crippen molar-refractivity contribution in [2.24, 2.45) is 10.8 Å². The van der Waals surface area contributed by atoms with Gasteiger partial charge in [-0.3, -0.25) is 23.9 Å². The number of H-pyrrole nitrogens is 1. The molecule has 1 saturated heterocycles. The predicted octanol–water partition coefficient (Wildman–Crippen LogP) is -0.269. The van der Waals surface area contributed by atoms with Gasteiger partial charge in [0.15, 0.2) is 18.1 Å². The fourth-order valence-corrected chi connectivity index (χ4v) is 3.09. The highest BCUT2D eigenvalue weighted by Gasteiger charge is 2.65. The van der Waals surface area contributed by atoms with E-state index in [1.807, 2.05) is 4.98 Å². The molecule has 1 aromatic heterocycles. The third kappa shape index (κ3) is 4.19. The first-order chi connectivity index (χ1) is 13.1. The summed E-state index contributed by atoms with van der Waals surface area (Å²) in [6.07, 6.45) is -3.42. The summed E-state index contributed by atoms with van der Waals surface area (Å²) in [5, 5.41) is 21.3. The van der Waals surface area contributed by atoms with Gasteiger partial charge in [0, 0.05) is 17.7 Å². The molecule has 1 aliphatic rings. The van der Waals surface area contributed by atoms with Gasteiger partial charge in [-0.25, -0.2) is 4.79 Å². The minimum absolute atomic E-state index is 0.677. The zero-order valence-corrected chi connectivity index (χ0v) is 17.4. The van der Waals surface area contributed by atoms with E-state index < -0.39 is 64.5 Å². The van der Waals surface area contributed by atoms with Crippen molar-refractivity contribution in [3.63, 3.8) is 0 Å². The van der Waals surface area contributed by atoms with Crippen LogP contribution in [0.25, 0.3) is 0 Å². The van der Waals surface area contributed by atoms with E-state index in [-0.39, 0.29) is 0 Å². The molecule has 0 bridgehead atoms. The maximum Gasteiger partial charge on any atom is 0.330 e. The summed E-state index contributed by atoms with van der Waals surface area (Å²) < 4.78 is 11.9. The van der Waals surface area contributed by atoms with Crippen molar-refractivity contribution in [3.8, 4) is 0 Å². The second-order valence-corrected chi connectivity index (χ2v) is 9.21. The van der Waals surface area contributed by atoms with Crippen LogP contribution in [0.15, 0.2) is 21.9 Å². The van der Waals surface area contributed by atoms with E-state index in [0.29, 0.717) is 0 Å². The Hall–Kier alpha value is -2.30. The lowest BCUT2D eigenvalue weighted by Gasteiger charge is -2.37. The molecule has 10 nitrogen and oxygen atoms in total. The molecular weight excluding hydrogens is 384 g/mol. The molecule has 3 N–H and O–H groups in total. The number of Topliss-reactive ketones (excluding diaryl/α,β-unsaturated/α-hetero) is 1. The van der Waals surface area contributed by atoms with Gasteiger partial charge < -0.3 is 19.7 Å². The number of ether oxygens (including phenoxy) is 2. The highest BCUT2D eigenvalue weighted by atomic mass is 16.6. The first-order valence-corrected chi connectivity index (χ1v) is 9.20. The first-order valence-electron chi connectivity index (χ1n) is 9.20. The van der Waals surface area contributed by atoms with Crippen LogP contribution < -0.4 is 11.2 Å². The molecule has 4 atom stereocenters. The van der Waals surface area contributed by atoms with Crippen molar-refractivity contribution < 1.29 is 29.3 Å². The number of hydrogen-bond acceptors (Lipinski definition) is 8. The molecule has 1 aromatic rings. The fourth-order valence-electron chi connectivity index (χ4n) is 3.09. The van der Waals surface area contributed by atoms with Crippen molar-refractivity contribution in [1.82, 2.24) is 9.55 Å². The van der Waals surface area contributed by atoms with E-state index >= 15 is 0 Å². The SMILES string of the molecule is CC(C)(C)C(=O)O[C@@H]1[C@@H](CO)O[C@@H](n2ccc(=O)[nH]c2=O)[C@@]1(O)C(=O)C(C)(C)C. The Balaban J connectivity index is 2.67. The van der Waals surface area contributed by atoms with Gasteiger partial charge in [-0.2, -0.15) is 0 Å². The molecule has 10 heteroatoms. The average molecular weight is 412 g/mol. The van der Waals surface area contributed by atoms with E-state index in [2.05, 4.69) is 0 Å². The maximum absolute atomic E-state index is 13.3. The van der Waals surface area contributed by atoms with Crippen LogP contribution in [0.1, 0.15) is 47.8 Å². The van der Waals surface area contributed by atoms with E-state index in [4.69, 9.17) is 9.47 Å². The number of hydrogen-bond donors (Lipinski definition) is 3. The summed E-state index contributed by atoms with van der Waals surface area (Å²) in [5.41, 5.74) is -6.17. The monoisotopic (exact) mass is 412 g/mol. The van der Waals surface area contributed by atoms with Crippen molar-refractivity contribution in [1.29, 1.82) is 0 Å². The molecule has 0 unspecified atom stereocenters. The van der Waals surface area contributed by atoms with Crippen LogP contribution in [0.2, 0.25) is 0 Å². The van der Waals surface area contributed by atoms with Crippen LogP contribution in [0.5, 0.6) is 0 Å². The summed E-state index contributed by atoms with van der Waals surface area (Å²) in [5.74, 6) is -1.48. The van der Waals surface area contributed by atoms with E-state index in [0.717, 1.165) is 16.8 Å². The Kier molecular flexibility index (Phi) is 5.95. The highest BCUT2D eigenvalue weighted by molar-refractivity contribution is 5.93. The van der Waals surface area contributed by atoms with Gasteiger partial charge >= 0.3 is 11.7 Å². The number of aliphatic hydroxyl groups excluding tert-OH is 1. The van der Waals surface area contributed by atoms with Crippen molar-refractivity contribution in [3.05, 3.63) is 33.1 Å². The molecule has 0 aliphatic carbocycles. The lowest BCUT2D eigenvalue weighted by molar-refractivity contribution is -0.183. The Bertz CT molecular complexity index is 904. The lowest BCUT2D eigenvalue weighted by Crippen LogP contribution is -2.59. The molecule has 0 radical (unpaired) electrons. The second kappa shape index (κ2) is 7.51. The number of aromatic nitrogens is 2. The molecule has 0 saturated carbocycles. The molecule has 0 aromatic carbocycles. The van der Waals surface area contributed by atoms with Crippen molar-refractivity contribution >= 4 is 11.8 Å². The number of esters is 1. The molecule has 2 heterocycles. The van der Waals surface area contributed by atoms with Crippen LogP contribution in [0.4, 0.5) is 0 Å². The largest absolute Gasteiger partial charge is 0.455 e. The molecule has 0 amide bonds. The Labute approximate surface area is 167 Å². The quantitative estimate of drug-likeness (QED) is 0.573. The Morgan fingerprint density at radius 1 is 1.21 bits per heavy atom. The number of nitrogens with zero attached hydrogens (tertiary/aromatic N) is 1. The standard InChI is InChI=1S/C19H28N2O8/c1-17(2,3)13(24)19(27)12(29-15(25)18(4,5)6)10(9-22)28-14(19)21-8-7-11(23)20-16(21)26/h7-8,10,12,14,22,27H,9H2,1-6H3,(H,20,23,26)/t10-,12-,14-,19+/m1/s1. The van der Waals surface area contributed by atoms with Crippen molar-refractivity contribution in [2.75, 3.05) is 6.61 Å². The summed E-state index contributed by atoms with van der Waals surface area (Å²) in [6.45, 7) is 8.74. The molecule has 0 spiro atoms. The summed E-state index contributed by atoms with van der Waals surface area (Å²) in [6, 6.07) is 1.02. The van der Waals surface area contributed by atoms with Gasteiger partial charge in [0.2, 0.25) is 5.60 Å². The van der Waals surface area contributed by atoms with Gasteiger partial charge in [-0.1, -0.05) is 20.8 Å². The molecule has 1 aliphatic heterocycles. The number of carbonyl (C=O) groups is 2. The topological polar surface area (TPSA) is 148 Å². The van der Waals surface area contributed by atoms with Gasteiger partial charge in [0.05, 0.1) is 12.0 Å². The van der Waals surface area contributed by atoms with E-state index in [9.17, 15) is 29.4 Å². The average Bonchev–Trinajstić information content (AvgIpc) is 2.86. The minimum atomic E-state index is -2.49. The van der Waals surface area contributed by atoms with Crippen LogP contribution in [0.3, 0.4) is 0 Å². The molecular formula is C19H28N2O8. The zero-order chi connectivity index (χ0) is 22.4. The Morgan fingerprint density at radius 2 is 1.79 bits per heavy atom. The number of carbonyl (C=O) groups excluding carboxylic acids is 2. The number of ketones is 1. The third-order valence-corrected chi connectivity index (χ3v) is 4.63. The van der Waals surface area contributed by atoms with E-state index in [1.54, 1.807) is 41.5 Å². The van der Waals surface area contributed by atoms with Crippen molar-refractivity contribution in [2.45, 2.75) is 65.6 Å². The number of aromatic amines is 1.